The molecule has 0 fully saturated rings. The van der Waals surface area contributed by atoms with E-state index in [0.29, 0.717) is 6.04 Å². The fraction of sp³-hybridized carbons (Fsp3) is 0.300. The molecule has 11 heavy (non-hydrogen) atoms. The zero-order valence-electron chi connectivity index (χ0n) is 6.59. The monoisotopic (exact) mass is 145 g/mol. The van der Waals surface area contributed by atoms with E-state index in [1.165, 1.54) is 11.3 Å². The molecule has 2 rings (SSSR count). The predicted molar refractivity (Wildman–Crippen MR) is 46.0 cm³/mol. The van der Waals surface area contributed by atoms with E-state index in [1.54, 1.807) is 0 Å². The molecule has 1 heteroatoms. The zero-order chi connectivity index (χ0) is 7.68. The molecule has 1 aliphatic heterocycles. The molecule has 0 aromatic rings. The number of nitrogens with one attached hydrogen (secondary N) is 1. The Bertz CT molecular complexity index is 288. The molecule has 0 spiro atoms. The Labute approximate surface area is 66.8 Å². The summed E-state index contributed by atoms with van der Waals surface area (Å²) in [5.74, 6) is 0. The van der Waals surface area contributed by atoms with E-state index in [1.807, 2.05) is 12.2 Å². The molecular weight excluding hydrogens is 134 g/mol. The van der Waals surface area contributed by atoms with Gasteiger partial charge in [-0.3, -0.25) is 0 Å². The topological polar surface area (TPSA) is 12.0 Å². The van der Waals surface area contributed by atoms with Crippen molar-refractivity contribution in [1.82, 2.24) is 5.32 Å². The summed E-state index contributed by atoms with van der Waals surface area (Å²) in [4.78, 5) is 0. The molecule has 0 saturated heterocycles. The molecule has 2 aliphatic rings. The maximum absolute atomic E-state index is 3.40. The van der Waals surface area contributed by atoms with Crippen molar-refractivity contribution in [3.63, 3.8) is 0 Å². The number of hydrogen-bond donors (Lipinski definition) is 1. The van der Waals surface area contributed by atoms with E-state index >= 15 is 0 Å². The molecule has 0 aromatic heterocycles. The third kappa shape index (κ3) is 1.15. The Kier molecular flexibility index (Phi) is 1.45. The van der Waals surface area contributed by atoms with Crippen LogP contribution in [-0.4, -0.2) is 6.04 Å². The van der Waals surface area contributed by atoms with Crippen LogP contribution in [0.25, 0.3) is 0 Å². The van der Waals surface area contributed by atoms with Gasteiger partial charge in [0.2, 0.25) is 0 Å². The molecule has 0 amide bonds. The van der Waals surface area contributed by atoms with Crippen LogP contribution in [0.4, 0.5) is 0 Å². The quantitative estimate of drug-likeness (QED) is 0.513. The second kappa shape index (κ2) is 2.44. The van der Waals surface area contributed by atoms with E-state index in [4.69, 9.17) is 0 Å². The molecule has 1 heterocycles. The first kappa shape index (κ1) is 6.51. The highest BCUT2D eigenvalue weighted by Gasteiger charge is 2.15. The van der Waals surface area contributed by atoms with Crippen molar-refractivity contribution in [2.45, 2.75) is 19.4 Å². The summed E-state index contributed by atoms with van der Waals surface area (Å²) in [5.41, 5.74) is 5.74. The first-order valence-electron chi connectivity index (χ1n) is 3.95. The first-order chi connectivity index (χ1) is 5.36. The highest BCUT2D eigenvalue weighted by molar-refractivity contribution is 5.39. The third-order valence-electron chi connectivity index (χ3n) is 1.99. The van der Waals surface area contributed by atoms with Crippen molar-refractivity contribution >= 4 is 0 Å². The third-order valence-corrected chi connectivity index (χ3v) is 1.99. The SMILES string of the molecule is CC1CC2=C(C=CC=C=C2)N1. The van der Waals surface area contributed by atoms with E-state index < -0.39 is 0 Å². The minimum Gasteiger partial charge on any atom is -0.382 e. The van der Waals surface area contributed by atoms with Gasteiger partial charge in [0.1, 0.15) is 0 Å². The van der Waals surface area contributed by atoms with Crippen LogP contribution in [0.1, 0.15) is 13.3 Å². The normalized spacial score (nSPS) is 26.8. The molecule has 1 N–H and O–H groups in total. The summed E-state index contributed by atoms with van der Waals surface area (Å²) < 4.78 is 0. The van der Waals surface area contributed by atoms with Gasteiger partial charge in [-0.05, 0) is 37.1 Å². The van der Waals surface area contributed by atoms with Crippen LogP contribution in [0.5, 0.6) is 0 Å². The lowest BCUT2D eigenvalue weighted by Crippen LogP contribution is -2.17. The highest BCUT2D eigenvalue weighted by Crippen LogP contribution is 2.21. The molecule has 1 aliphatic carbocycles. The molecule has 0 saturated carbocycles. The Hall–Kier alpha value is -1.20. The van der Waals surface area contributed by atoms with Crippen molar-refractivity contribution in [1.29, 1.82) is 0 Å². The van der Waals surface area contributed by atoms with E-state index in [0.717, 1.165) is 6.42 Å². The minimum atomic E-state index is 0.584. The average molecular weight is 145 g/mol. The van der Waals surface area contributed by atoms with Crippen LogP contribution in [0.2, 0.25) is 0 Å². The zero-order valence-corrected chi connectivity index (χ0v) is 6.59. The second-order valence-electron chi connectivity index (χ2n) is 3.03. The van der Waals surface area contributed by atoms with Gasteiger partial charge in [-0.2, -0.15) is 0 Å². The van der Waals surface area contributed by atoms with E-state index in [-0.39, 0.29) is 0 Å². The van der Waals surface area contributed by atoms with Gasteiger partial charge in [-0.1, -0.05) is 6.08 Å². The van der Waals surface area contributed by atoms with Gasteiger partial charge in [0.25, 0.3) is 0 Å². The van der Waals surface area contributed by atoms with Crippen molar-refractivity contribution in [2.24, 2.45) is 0 Å². The molecular formula is C10H11N. The van der Waals surface area contributed by atoms with Gasteiger partial charge in [0.05, 0.1) is 0 Å². The summed E-state index contributed by atoms with van der Waals surface area (Å²) in [5, 5.41) is 3.40. The Balaban J connectivity index is 2.36. The fourth-order valence-corrected chi connectivity index (χ4v) is 1.49. The van der Waals surface area contributed by atoms with Gasteiger partial charge in [-0.15, -0.1) is 5.73 Å². The molecule has 56 valence electrons. The van der Waals surface area contributed by atoms with Crippen LogP contribution < -0.4 is 5.32 Å². The van der Waals surface area contributed by atoms with Crippen LogP contribution in [0.15, 0.2) is 41.3 Å². The molecule has 0 radical (unpaired) electrons. The van der Waals surface area contributed by atoms with E-state index in [2.05, 4.69) is 30.1 Å². The standard InChI is InChI=1S/C10H11N/c1-8-7-9-5-3-2-4-6-10(9)11-8/h2,4-6,8,11H,7H2,1H3. The van der Waals surface area contributed by atoms with Gasteiger partial charge < -0.3 is 5.32 Å². The summed E-state index contributed by atoms with van der Waals surface area (Å²) in [6, 6.07) is 0.584. The van der Waals surface area contributed by atoms with Gasteiger partial charge >= 0.3 is 0 Å². The lowest BCUT2D eigenvalue weighted by molar-refractivity contribution is 0.675. The van der Waals surface area contributed by atoms with Crippen LogP contribution >= 0.6 is 0 Å². The lowest BCUT2D eigenvalue weighted by Gasteiger charge is -2.02. The highest BCUT2D eigenvalue weighted by atomic mass is 14.9. The van der Waals surface area contributed by atoms with Crippen molar-refractivity contribution in [3.8, 4) is 0 Å². The molecule has 1 atom stereocenters. The maximum atomic E-state index is 3.40. The Morgan fingerprint density at radius 2 is 2.55 bits per heavy atom. The summed E-state index contributed by atoms with van der Waals surface area (Å²) in [6.07, 6.45) is 9.25. The number of allylic oxidation sites excluding steroid dienone is 3. The molecule has 0 aromatic carbocycles. The summed E-state index contributed by atoms with van der Waals surface area (Å²) in [6.45, 7) is 2.19. The average Bonchev–Trinajstić information content (AvgIpc) is 2.17. The molecule has 1 nitrogen and oxygen atoms in total. The van der Waals surface area contributed by atoms with Crippen molar-refractivity contribution in [2.75, 3.05) is 0 Å². The molecule has 0 bridgehead atoms. The van der Waals surface area contributed by atoms with Crippen molar-refractivity contribution in [3.05, 3.63) is 41.3 Å². The Morgan fingerprint density at radius 1 is 1.64 bits per heavy atom. The van der Waals surface area contributed by atoms with Crippen molar-refractivity contribution < 1.29 is 0 Å². The van der Waals surface area contributed by atoms with Crippen LogP contribution in [-0.2, 0) is 0 Å². The molecule has 1 unspecified atom stereocenters. The van der Waals surface area contributed by atoms with Gasteiger partial charge in [0, 0.05) is 11.7 Å². The summed E-state index contributed by atoms with van der Waals surface area (Å²) in [7, 11) is 0. The second-order valence-corrected chi connectivity index (χ2v) is 3.03. The largest absolute Gasteiger partial charge is 0.382 e. The van der Waals surface area contributed by atoms with Crippen LogP contribution in [0.3, 0.4) is 0 Å². The fourth-order valence-electron chi connectivity index (χ4n) is 1.49. The minimum absolute atomic E-state index is 0.584. The first-order valence-corrected chi connectivity index (χ1v) is 3.95. The van der Waals surface area contributed by atoms with E-state index in [9.17, 15) is 0 Å². The summed E-state index contributed by atoms with van der Waals surface area (Å²) >= 11 is 0. The maximum Gasteiger partial charge on any atom is 0.0382 e. The van der Waals surface area contributed by atoms with Crippen LogP contribution in [0, 0.1) is 0 Å². The van der Waals surface area contributed by atoms with Gasteiger partial charge in [0.15, 0.2) is 0 Å². The smallest absolute Gasteiger partial charge is 0.0382 e. The number of rotatable bonds is 0. The van der Waals surface area contributed by atoms with Gasteiger partial charge in [-0.25, -0.2) is 0 Å². The lowest BCUT2D eigenvalue weighted by atomic mass is 10.1. The number of hydrogen-bond acceptors (Lipinski definition) is 1. The Morgan fingerprint density at radius 3 is 3.45 bits per heavy atom. The predicted octanol–water partition coefficient (Wildman–Crippen LogP) is 1.90.